The smallest absolute Gasteiger partial charge is 0.166 e. The Morgan fingerprint density at radius 2 is 0.823 bits per heavy atom. The van der Waals surface area contributed by atoms with Crippen LogP contribution < -0.4 is 0 Å². The lowest BCUT2D eigenvalue weighted by Crippen LogP contribution is -2.04. The maximum Gasteiger partial charge on any atom is 0.166 e. The number of para-hydroxylation sites is 4. The Kier molecular flexibility index (Phi) is 6.71. The first-order valence-corrected chi connectivity index (χ1v) is 20.7. The fraction of sp³-hybridized carbons (Fsp3) is 0. The second-order valence-electron chi connectivity index (χ2n) is 15.9. The Labute approximate surface area is 351 Å². The third kappa shape index (κ3) is 4.78. The molecular weight excluding hydrogens is 765 g/mol. The molecule has 0 aliphatic heterocycles. The van der Waals surface area contributed by atoms with E-state index in [1.165, 1.54) is 5.39 Å². The lowest BCUT2D eigenvalue weighted by Gasteiger charge is -2.16. The third-order valence-corrected chi connectivity index (χ3v) is 12.4. The standard InChI is InChI=1S/C55H30N4O3/c1-2-12-32-28-44-42(27-31(32)11-1)35-13-3-7-17-43(35)59(44)52-41(25-26-48-51(52)40-16-6-10-20-47(40)60-48)55-57-53(33-21-23-38-36-14-4-8-18-45(36)61-49(38)29-33)56-54(58-55)34-22-24-39-37-15-5-9-19-46(37)62-50(39)30-34/h1-30H. The van der Waals surface area contributed by atoms with Gasteiger partial charge in [0.2, 0.25) is 0 Å². The Hall–Kier alpha value is -8.55. The minimum atomic E-state index is 0.522. The van der Waals surface area contributed by atoms with E-state index in [1.54, 1.807) is 0 Å². The van der Waals surface area contributed by atoms with E-state index in [0.717, 1.165) is 115 Å². The minimum absolute atomic E-state index is 0.522. The molecular formula is C55H30N4O3. The van der Waals surface area contributed by atoms with Gasteiger partial charge >= 0.3 is 0 Å². The quantitative estimate of drug-likeness (QED) is 0.176. The van der Waals surface area contributed by atoms with Gasteiger partial charge in [-0.15, -0.1) is 0 Å². The average Bonchev–Trinajstić information content (AvgIpc) is 4.08. The van der Waals surface area contributed by atoms with Crippen molar-refractivity contribution in [2.45, 2.75) is 0 Å². The fourth-order valence-electron chi connectivity index (χ4n) is 9.59. The van der Waals surface area contributed by atoms with Gasteiger partial charge in [-0.1, -0.05) is 109 Å². The van der Waals surface area contributed by atoms with Crippen LogP contribution in [-0.4, -0.2) is 19.5 Å². The second-order valence-corrected chi connectivity index (χ2v) is 15.9. The van der Waals surface area contributed by atoms with Gasteiger partial charge in [0.05, 0.1) is 22.1 Å². The van der Waals surface area contributed by atoms with Crippen molar-refractivity contribution < 1.29 is 13.3 Å². The summed E-state index contributed by atoms with van der Waals surface area (Å²) < 4.78 is 21.8. The maximum atomic E-state index is 6.61. The van der Waals surface area contributed by atoms with Gasteiger partial charge in [0.25, 0.3) is 0 Å². The highest BCUT2D eigenvalue weighted by atomic mass is 16.3. The molecule has 0 spiro atoms. The number of nitrogens with zero attached hydrogens (tertiary/aromatic N) is 4. The molecule has 0 aliphatic rings. The molecule has 14 rings (SSSR count). The van der Waals surface area contributed by atoms with E-state index in [0.29, 0.717) is 17.5 Å². The van der Waals surface area contributed by atoms with Crippen molar-refractivity contribution in [3.8, 4) is 39.9 Å². The topological polar surface area (TPSA) is 83.0 Å². The van der Waals surface area contributed by atoms with Gasteiger partial charge in [0, 0.05) is 54.4 Å². The van der Waals surface area contributed by atoms with Crippen molar-refractivity contribution in [1.29, 1.82) is 0 Å². The first kappa shape index (κ1) is 33.3. The van der Waals surface area contributed by atoms with Crippen molar-refractivity contribution in [2.75, 3.05) is 0 Å². The number of fused-ring (bicyclic) bond motifs is 13. The summed E-state index contributed by atoms with van der Waals surface area (Å²) in [5.74, 6) is 1.56. The van der Waals surface area contributed by atoms with E-state index < -0.39 is 0 Å². The van der Waals surface area contributed by atoms with Crippen molar-refractivity contribution >= 4 is 98.4 Å². The number of rotatable bonds is 4. The number of hydrogen-bond acceptors (Lipinski definition) is 6. The van der Waals surface area contributed by atoms with Crippen LogP contribution in [0.1, 0.15) is 0 Å². The number of benzene rings is 9. The van der Waals surface area contributed by atoms with Gasteiger partial charge in [0.15, 0.2) is 17.5 Å². The monoisotopic (exact) mass is 794 g/mol. The molecule has 0 radical (unpaired) electrons. The highest BCUT2D eigenvalue weighted by molar-refractivity contribution is 6.18. The van der Waals surface area contributed by atoms with Crippen LogP contribution in [0.2, 0.25) is 0 Å². The van der Waals surface area contributed by atoms with E-state index in [9.17, 15) is 0 Å². The van der Waals surface area contributed by atoms with Crippen LogP contribution in [0.4, 0.5) is 0 Å². The summed E-state index contributed by atoms with van der Waals surface area (Å²) in [6.07, 6.45) is 0. The van der Waals surface area contributed by atoms with Crippen LogP contribution in [-0.2, 0) is 0 Å². The zero-order valence-electron chi connectivity index (χ0n) is 32.8. The molecule has 0 saturated carbocycles. The van der Waals surface area contributed by atoms with Crippen molar-refractivity contribution in [2.24, 2.45) is 0 Å². The zero-order valence-corrected chi connectivity index (χ0v) is 32.8. The molecule has 0 atom stereocenters. The SMILES string of the molecule is c1ccc2cc3c(cc2c1)c1ccccc1n3-c1c(-c2nc(-c3ccc4c(c3)oc3ccccc34)nc(-c3ccc4c(c3)oc3ccccc34)n2)ccc2oc3ccccc3c12. The van der Waals surface area contributed by atoms with E-state index in [4.69, 9.17) is 28.2 Å². The van der Waals surface area contributed by atoms with Crippen LogP contribution in [0.3, 0.4) is 0 Å². The van der Waals surface area contributed by atoms with E-state index in [2.05, 4.69) is 120 Å². The Morgan fingerprint density at radius 1 is 0.323 bits per heavy atom. The summed E-state index contributed by atoms with van der Waals surface area (Å²) in [5.41, 5.74) is 10.3. The predicted molar refractivity (Wildman–Crippen MR) is 250 cm³/mol. The Balaban J connectivity index is 1.09. The summed E-state index contributed by atoms with van der Waals surface area (Å²) in [6.45, 7) is 0. The number of hydrogen-bond donors (Lipinski definition) is 0. The lowest BCUT2D eigenvalue weighted by molar-refractivity contribution is 0.668. The summed E-state index contributed by atoms with van der Waals surface area (Å²) in [4.78, 5) is 16.0. The molecule has 7 heteroatoms. The average molecular weight is 795 g/mol. The van der Waals surface area contributed by atoms with Gasteiger partial charge in [0.1, 0.15) is 33.5 Å². The Bertz CT molecular complexity index is 4060. The molecule has 0 fully saturated rings. The number of aromatic nitrogens is 4. The molecule has 0 N–H and O–H groups in total. The van der Waals surface area contributed by atoms with Gasteiger partial charge < -0.3 is 17.8 Å². The molecule has 62 heavy (non-hydrogen) atoms. The molecule has 0 bridgehead atoms. The largest absolute Gasteiger partial charge is 0.456 e. The summed E-state index contributed by atoms with van der Waals surface area (Å²) in [5, 5.41) is 10.8. The summed E-state index contributed by atoms with van der Waals surface area (Å²) >= 11 is 0. The van der Waals surface area contributed by atoms with Crippen LogP contribution in [0, 0.1) is 0 Å². The summed E-state index contributed by atoms with van der Waals surface area (Å²) in [6, 6.07) is 62.7. The highest BCUT2D eigenvalue weighted by Crippen LogP contribution is 2.44. The molecule has 0 amide bonds. The first-order chi connectivity index (χ1) is 30.7. The van der Waals surface area contributed by atoms with Gasteiger partial charge in [-0.2, -0.15) is 0 Å². The van der Waals surface area contributed by atoms with Gasteiger partial charge in [-0.3, -0.25) is 0 Å². The molecule has 0 saturated heterocycles. The lowest BCUT2D eigenvalue weighted by atomic mass is 10.0. The third-order valence-electron chi connectivity index (χ3n) is 12.4. The second kappa shape index (κ2) is 12.5. The minimum Gasteiger partial charge on any atom is -0.456 e. The molecule has 0 unspecified atom stereocenters. The van der Waals surface area contributed by atoms with E-state index in [-0.39, 0.29) is 0 Å². The van der Waals surface area contributed by atoms with Crippen LogP contribution in [0.5, 0.6) is 0 Å². The van der Waals surface area contributed by atoms with E-state index in [1.807, 2.05) is 66.7 Å². The Morgan fingerprint density at radius 3 is 1.48 bits per heavy atom. The molecule has 9 aromatic carbocycles. The van der Waals surface area contributed by atoms with Crippen molar-refractivity contribution in [1.82, 2.24) is 19.5 Å². The molecule has 0 aliphatic carbocycles. The normalized spacial score (nSPS) is 12.2. The van der Waals surface area contributed by atoms with Crippen LogP contribution in [0.15, 0.2) is 195 Å². The van der Waals surface area contributed by atoms with Crippen molar-refractivity contribution in [3.05, 3.63) is 182 Å². The van der Waals surface area contributed by atoms with Gasteiger partial charge in [-0.25, -0.2) is 15.0 Å². The van der Waals surface area contributed by atoms with Crippen LogP contribution >= 0.6 is 0 Å². The fourth-order valence-corrected chi connectivity index (χ4v) is 9.59. The molecule has 5 aromatic heterocycles. The summed E-state index contributed by atoms with van der Waals surface area (Å²) in [7, 11) is 0. The highest BCUT2D eigenvalue weighted by Gasteiger charge is 2.25. The van der Waals surface area contributed by atoms with E-state index >= 15 is 0 Å². The predicted octanol–water partition coefficient (Wildman–Crippen LogP) is 14.8. The van der Waals surface area contributed by atoms with Gasteiger partial charge in [-0.05, 0) is 83.6 Å². The first-order valence-electron chi connectivity index (χ1n) is 20.7. The zero-order chi connectivity index (χ0) is 40.5. The number of furan rings is 3. The maximum absolute atomic E-state index is 6.61. The molecule has 14 aromatic rings. The molecule has 288 valence electrons. The molecule has 7 nitrogen and oxygen atoms in total. The van der Waals surface area contributed by atoms with Crippen LogP contribution in [0.25, 0.3) is 138 Å². The van der Waals surface area contributed by atoms with Crippen molar-refractivity contribution in [3.63, 3.8) is 0 Å². The molecule has 5 heterocycles.